The van der Waals surface area contributed by atoms with Gasteiger partial charge < -0.3 is 0 Å². The predicted octanol–water partition coefficient (Wildman–Crippen LogP) is 3.33. The van der Waals surface area contributed by atoms with Crippen LogP contribution in [0.15, 0.2) is 58.3 Å². The van der Waals surface area contributed by atoms with E-state index in [-0.39, 0.29) is 21.8 Å². The van der Waals surface area contributed by atoms with Crippen LogP contribution in [0.3, 0.4) is 0 Å². The third kappa shape index (κ3) is 4.93. The molecule has 0 aliphatic heterocycles. The zero-order chi connectivity index (χ0) is 19.5. The fourth-order valence-corrected chi connectivity index (χ4v) is 4.65. The van der Waals surface area contributed by atoms with E-state index in [0.29, 0.717) is 0 Å². The quantitative estimate of drug-likeness (QED) is 0.780. The van der Waals surface area contributed by atoms with Crippen LogP contribution in [0.4, 0.5) is 0 Å². The van der Waals surface area contributed by atoms with E-state index in [4.69, 9.17) is 0 Å². The second kappa shape index (κ2) is 7.90. The van der Waals surface area contributed by atoms with E-state index >= 15 is 0 Å². The number of rotatable bonds is 7. The smallest absolute Gasteiger partial charge is 0.224 e. The molecule has 1 atom stereocenters. The molecule has 0 radical (unpaired) electrons. The Balaban J connectivity index is 2.31. The van der Waals surface area contributed by atoms with Gasteiger partial charge in [-0.3, -0.25) is 0 Å². The van der Waals surface area contributed by atoms with Crippen molar-refractivity contribution in [1.29, 1.82) is 0 Å². The van der Waals surface area contributed by atoms with Gasteiger partial charge in [0.25, 0.3) is 0 Å². The number of benzene rings is 2. The molecule has 0 aromatic heterocycles. The maximum absolute atomic E-state index is 12.7. The lowest BCUT2D eigenvalue weighted by Gasteiger charge is -2.23. The molecule has 0 unspecified atom stereocenters. The molecule has 0 aliphatic rings. The number of hydrogen-bond acceptors (Lipinski definition) is 4. The monoisotopic (exact) mass is 395 g/mol. The van der Waals surface area contributed by atoms with Crippen LogP contribution in [0.1, 0.15) is 37.9 Å². The molecule has 2 aromatic carbocycles. The lowest BCUT2D eigenvalue weighted by molar-refractivity contribution is 0.463. The summed E-state index contributed by atoms with van der Waals surface area (Å²) in [6.07, 6.45) is 2.01. The normalized spacial score (nSPS) is 13.7. The van der Waals surface area contributed by atoms with Crippen LogP contribution in [-0.2, 0) is 26.3 Å². The van der Waals surface area contributed by atoms with Crippen molar-refractivity contribution in [2.75, 3.05) is 6.26 Å². The van der Waals surface area contributed by atoms with E-state index in [0.717, 1.165) is 18.2 Å². The summed E-state index contributed by atoms with van der Waals surface area (Å²) >= 11 is 0. The van der Waals surface area contributed by atoms with E-state index in [9.17, 15) is 16.8 Å². The SMILES string of the molecule is CCc1ccc([C@H](NS(=O)(=O)c2ccc(S(C)(=O)=O)cc2)C(C)C)cc1. The summed E-state index contributed by atoms with van der Waals surface area (Å²) in [4.78, 5) is 0.132. The first-order valence-corrected chi connectivity index (χ1v) is 11.8. The van der Waals surface area contributed by atoms with Crippen LogP contribution in [0.5, 0.6) is 0 Å². The number of hydrogen-bond donors (Lipinski definition) is 1. The van der Waals surface area contributed by atoms with Gasteiger partial charge >= 0.3 is 0 Å². The topological polar surface area (TPSA) is 80.3 Å². The van der Waals surface area contributed by atoms with Crippen LogP contribution < -0.4 is 4.72 Å². The van der Waals surface area contributed by atoms with Crippen molar-refractivity contribution in [3.05, 3.63) is 59.7 Å². The summed E-state index contributed by atoms with van der Waals surface area (Å²) in [5, 5.41) is 0. The Bertz CT molecular complexity index is 946. The molecule has 26 heavy (non-hydrogen) atoms. The maximum Gasteiger partial charge on any atom is 0.241 e. The van der Waals surface area contributed by atoms with Gasteiger partial charge in [-0.15, -0.1) is 0 Å². The maximum atomic E-state index is 12.7. The van der Waals surface area contributed by atoms with Gasteiger partial charge in [0, 0.05) is 12.3 Å². The first-order chi connectivity index (χ1) is 12.0. The largest absolute Gasteiger partial charge is 0.241 e. The van der Waals surface area contributed by atoms with Gasteiger partial charge in [0.05, 0.1) is 9.79 Å². The highest BCUT2D eigenvalue weighted by molar-refractivity contribution is 7.90. The van der Waals surface area contributed by atoms with Gasteiger partial charge in [0.2, 0.25) is 10.0 Å². The Morgan fingerprint density at radius 2 is 1.35 bits per heavy atom. The molecule has 1 N–H and O–H groups in total. The predicted molar refractivity (Wildman–Crippen MR) is 103 cm³/mol. The van der Waals surface area contributed by atoms with Crippen LogP contribution in [0.25, 0.3) is 0 Å². The Kier molecular flexibility index (Phi) is 6.26. The van der Waals surface area contributed by atoms with E-state index in [1.807, 2.05) is 38.1 Å². The van der Waals surface area contributed by atoms with Crippen LogP contribution in [0.2, 0.25) is 0 Å². The number of sulfonamides is 1. The molecular weight excluding hydrogens is 370 g/mol. The highest BCUT2D eigenvalue weighted by Gasteiger charge is 2.24. The van der Waals surface area contributed by atoms with Crippen molar-refractivity contribution in [2.24, 2.45) is 5.92 Å². The molecule has 0 spiro atoms. The molecule has 0 saturated heterocycles. The zero-order valence-electron chi connectivity index (χ0n) is 15.4. The molecule has 142 valence electrons. The van der Waals surface area contributed by atoms with Crippen LogP contribution in [0, 0.1) is 5.92 Å². The van der Waals surface area contributed by atoms with Gasteiger partial charge in [0.15, 0.2) is 9.84 Å². The number of sulfone groups is 1. The summed E-state index contributed by atoms with van der Waals surface area (Å²) in [5.74, 6) is 0.0487. The molecule has 0 heterocycles. The van der Waals surface area contributed by atoms with Crippen molar-refractivity contribution >= 4 is 19.9 Å². The van der Waals surface area contributed by atoms with E-state index in [2.05, 4.69) is 11.6 Å². The number of aryl methyl sites for hydroxylation is 1. The molecule has 2 aromatic rings. The van der Waals surface area contributed by atoms with Gasteiger partial charge in [-0.2, -0.15) is 0 Å². The van der Waals surface area contributed by atoms with Gasteiger partial charge in [0.1, 0.15) is 0 Å². The average molecular weight is 396 g/mol. The summed E-state index contributed by atoms with van der Waals surface area (Å²) < 4.78 is 51.3. The summed E-state index contributed by atoms with van der Waals surface area (Å²) in [6, 6.07) is 12.8. The van der Waals surface area contributed by atoms with Crippen molar-refractivity contribution < 1.29 is 16.8 Å². The standard InChI is InChI=1S/C19H25NO4S2/c1-5-15-6-8-16(9-7-15)19(14(2)3)20-26(23,24)18-12-10-17(11-13-18)25(4,21)22/h6-14,19-20H,5H2,1-4H3/t19-/m1/s1. The zero-order valence-corrected chi connectivity index (χ0v) is 17.1. The Labute approximate surface area is 156 Å². The molecule has 2 rings (SSSR count). The highest BCUT2D eigenvalue weighted by Crippen LogP contribution is 2.25. The molecule has 0 bridgehead atoms. The highest BCUT2D eigenvalue weighted by atomic mass is 32.2. The van der Waals surface area contributed by atoms with E-state index in [1.165, 1.54) is 29.8 Å². The molecular formula is C19H25NO4S2. The minimum Gasteiger partial charge on any atom is -0.224 e. The lowest BCUT2D eigenvalue weighted by Crippen LogP contribution is -2.31. The third-order valence-electron chi connectivity index (χ3n) is 4.26. The van der Waals surface area contributed by atoms with E-state index < -0.39 is 19.9 Å². The van der Waals surface area contributed by atoms with Crippen molar-refractivity contribution in [1.82, 2.24) is 4.72 Å². The molecule has 0 fully saturated rings. The number of nitrogens with one attached hydrogen (secondary N) is 1. The Hall–Kier alpha value is -1.70. The van der Waals surface area contributed by atoms with Crippen molar-refractivity contribution in [3.8, 4) is 0 Å². The first kappa shape index (κ1) is 20.6. The molecule has 5 nitrogen and oxygen atoms in total. The molecule has 0 aliphatic carbocycles. The van der Waals surface area contributed by atoms with Gasteiger partial charge in [-0.1, -0.05) is 45.0 Å². The minimum absolute atomic E-state index is 0.0423. The van der Waals surface area contributed by atoms with Crippen LogP contribution in [-0.4, -0.2) is 23.1 Å². The fourth-order valence-electron chi connectivity index (χ4n) is 2.65. The second-order valence-electron chi connectivity index (χ2n) is 6.68. The van der Waals surface area contributed by atoms with Gasteiger partial charge in [-0.25, -0.2) is 21.6 Å². The molecule has 0 amide bonds. The summed E-state index contributed by atoms with van der Waals surface area (Å²) in [7, 11) is -7.14. The van der Waals surface area contributed by atoms with Crippen LogP contribution >= 0.6 is 0 Å². The first-order valence-electron chi connectivity index (χ1n) is 8.46. The Morgan fingerprint density at radius 3 is 1.77 bits per heavy atom. The molecule has 7 heteroatoms. The van der Waals surface area contributed by atoms with Crippen molar-refractivity contribution in [2.45, 2.75) is 43.0 Å². The Morgan fingerprint density at radius 1 is 0.846 bits per heavy atom. The summed E-state index contributed by atoms with van der Waals surface area (Å²) in [6.45, 7) is 5.97. The average Bonchev–Trinajstić information content (AvgIpc) is 2.59. The summed E-state index contributed by atoms with van der Waals surface area (Å²) in [5.41, 5.74) is 2.09. The second-order valence-corrected chi connectivity index (χ2v) is 10.4. The third-order valence-corrected chi connectivity index (χ3v) is 6.84. The molecule has 0 saturated carbocycles. The van der Waals surface area contributed by atoms with E-state index in [1.54, 1.807) is 0 Å². The minimum atomic E-state index is -3.78. The van der Waals surface area contributed by atoms with Gasteiger partial charge in [-0.05, 0) is 47.7 Å². The lowest BCUT2D eigenvalue weighted by atomic mass is 9.96. The van der Waals surface area contributed by atoms with Crippen molar-refractivity contribution in [3.63, 3.8) is 0 Å². The fraction of sp³-hybridized carbons (Fsp3) is 0.368.